The van der Waals surface area contributed by atoms with Gasteiger partial charge in [0, 0.05) is 32.7 Å². The number of amides is 1. The summed E-state index contributed by atoms with van der Waals surface area (Å²) in [5.41, 5.74) is 2.78. The van der Waals surface area contributed by atoms with Gasteiger partial charge in [-0.25, -0.2) is 0 Å². The van der Waals surface area contributed by atoms with Crippen LogP contribution in [0.4, 0.5) is 0 Å². The molecule has 0 saturated carbocycles. The molecule has 0 unspecified atom stereocenters. The standard InChI is InChI=1S/C22H31N3O3/c26-22(15-23-9-8-18-4-2-1-3-5-18)25-12-10-24(11-13-25)16-19-6-7-20-21(14-19)28-17-27-20/h4,6-7,14,23H,1-3,5,8-13,15-17H2. The number of piperazine rings is 1. The van der Waals surface area contributed by atoms with Crippen LogP contribution in [0.5, 0.6) is 11.5 Å². The maximum absolute atomic E-state index is 12.4. The molecule has 1 aromatic carbocycles. The van der Waals surface area contributed by atoms with E-state index in [2.05, 4.69) is 28.4 Å². The van der Waals surface area contributed by atoms with Crippen molar-refractivity contribution in [2.45, 2.75) is 38.6 Å². The van der Waals surface area contributed by atoms with Gasteiger partial charge in [-0.1, -0.05) is 17.7 Å². The molecule has 2 heterocycles. The van der Waals surface area contributed by atoms with Crippen LogP contribution >= 0.6 is 0 Å². The second kappa shape index (κ2) is 9.43. The maximum Gasteiger partial charge on any atom is 0.236 e. The van der Waals surface area contributed by atoms with E-state index in [1.807, 2.05) is 11.0 Å². The lowest BCUT2D eigenvalue weighted by Crippen LogP contribution is -2.50. The lowest BCUT2D eigenvalue weighted by molar-refractivity contribution is -0.132. The van der Waals surface area contributed by atoms with Gasteiger partial charge in [0.25, 0.3) is 0 Å². The van der Waals surface area contributed by atoms with Crippen LogP contribution in [-0.2, 0) is 11.3 Å². The Bertz CT molecular complexity index is 711. The number of rotatable bonds is 7. The molecule has 28 heavy (non-hydrogen) atoms. The van der Waals surface area contributed by atoms with Gasteiger partial charge in [-0.05, 0) is 56.3 Å². The van der Waals surface area contributed by atoms with Crippen molar-refractivity contribution in [1.29, 1.82) is 0 Å². The van der Waals surface area contributed by atoms with E-state index >= 15 is 0 Å². The molecule has 1 aliphatic carbocycles. The van der Waals surface area contributed by atoms with Crippen molar-refractivity contribution in [1.82, 2.24) is 15.1 Å². The number of nitrogens with one attached hydrogen (secondary N) is 1. The summed E-state index contributed by atoms with van der Waals surface area (Å²) in [4.78, 5) is 16.8. The molecule has 0 atom stereocenters. The van der Waals surface area contributed by atoms with E-state index in [1.165, 1.54) is 31.2 Å². The number of allylic oxidation sites excluding steroid dienone is 1. The number of nitrogens with zero attached hydrogens (tertiary/aromatic N) is 2. The Kier molecular flexibility index (Phi) is 6.49. The summed E-state index contributed by atoms with van der Waals surface area (Å²) < 4.78 is 10.8. The fraction of sp³-hybridized carbons (Fsp3) is 0.591. The maximum atomic E-state index is 12.4. The zero-order valence-electron chi connectivity index (χ0n) is 16.6. The predicted molar refractivity (Wildman–Crippen MR) is 108 cm³/mol. The van der Waals surface area contributed by atoms with Gasteiger partial charge in [0.05, 0.1) is 6.54 Å². The minimum atomic E-state index is 0.223. The third kappa shape index (κ3) is 5.06. The predicted octanol–water partition coefficient (Wildman–Crippen LogP) is 2.54. The summed E-state index contributed by atoms with van der Waals surface area (Å²) in [6, 6.07) is 6.13. The molecule has 6 nitrogen and oxygen atoms in total. The number of hydrogen-bond donors (Lipinski definition) is 1. The molecular weight excluding hydrogens is 354 g/mol. The molecule has 6 heteroatoms. The van der Waals surface area contributed by atoms with Gasteiger partial charge in [-0.15, -0.1) is 0 Å². The first-order valence-electron chi connectivity index (χ1n) is 10.6. The number of benzene rings is 1. The van der Waals surface area contributed by atoms with Crippen LogP contribution in [0.25, 0.3) is 0 Å². The van der Waals surface area contributed by atoms with Crippen LogP contribution < -0.4 is 14.8 Å². The summed E-state index contributed by atoms with van der Waals surface area (Å²) in [6.07, 6.45) is 8.58. The van der Waals surface area contributed by atoms with Crippen molar-refractivity contribution in [3.63, 3.8) is 0 Å². The van der Waals surface area contributed by atoms with Gasteiger partial charge in [0.15, 0.2) is 11.5 Å². The van der Waals surface area contributed by atoms with Gasteiger partial charge in [-0.2, -0.15) is 0 Å². The number of ether oxygens (including phenoxy) is 2. The summed E-state index contributed by atoms with van der Waals surface area (Å²) in [5.74, 6) is 1.88. The van der Waals surface area contributed by atoms with Gasteiger partial charge < -0.3 is 19.7 Å². The molecule has 3 aliphatic rings. The van der Waals surface area contributed by atoms with Gasteiger partial charge >= 0.3 is 0 Å². The smallest absolute Gasteiger partial charge is 0.236 e. The first-order chi connectivity index (χ1) is 13.8. The average Bonchev–Trinajstić information content (AvgIpc) is 3.20. The SMILES string of the molecule is O=C(CNCCC1=CCCCC1)N1CCN(Cc2ccc3c(c2)OCO3)CC1. The molecule has 0 aromatic heterocycles. The number of fused-ring (bicyclic) bond motifs is 1. The fourth-order valence-corrected chi connectivity index (χ4v) is 4.14. The van der Waals surface area contributed by atoms with Crippen molar-refractivity contribution in [2.24, 2.45) is 0 Å². The molecule has 1 aromatic rings. The van der Waals surface area contributed by atoms with Crippen LogP contribution in [-0.4, -0.2) is 61.8 Å². The normalized spacial score (nSPS) is 19.6. The zero-order chi connectivity index (χ0) is 19.2. The molecule has 1 amide bonds. The number of carbonyl (C=O) groups excluding carboxylic acids is 1. The topological polar surface area (TPSA) is 54.0 Å². The van der Waals surface area contributed by atoms with Crippen LogP contribution in [0.1, 0.15) is 37.7 Å². The highest BCUT2D eigenvalue weighted by Crippen LogP contribution is 2.32. The molecule has 152 valence electrons. The van der Waals surface area contributed by atoms with Crippen LogP contribution in [0.2, 0.25) is 0 Å². The van der Waals surface area contributed by atoms with E-state index < -0.39 is 0 Å². The van der Waals surface area contributed by atoms with E-state index in [0.29, 0.717) is 13.3 Å². The highest BCUT2D eigenvalue weighted by atomic mass is 16.7. The second-order valence-corrected chi connectivity index (χ2v) is 7.88. The summed E-state index contributed by atoms with van der Waals surface area (Å²) in [6.45, 7) is 5.97. The average molecular weight is 386 g/mol. The molecule has 4 rings (SSSR count). The van der Waals surface area contributed by atoms with E-state index in [9.17, 15) is 4.79 Å². The van der Waals surface area contributed by atoms with Gasteiger partial charge in [-0.3, -0.25) is 9.69 Å². The lowest BCUT2D eigenvalue weighted by atomic mass is 9.97. The molecule has 1 saturated heterocycles. The number of carbonyl (C=O) groups is 1. The van der Waals surface area contributed by atoms with Crippen molar-refractivity contribution in [3.05, 3.63) is 35.4 Å². The van der Waals surface area contributed by atoms with Crippen LogP contribution in [0.3, 0.4) is 0 Å². The fourth-order valence-electron chi connectivity index (χ4n) is 4.14. The van der Waals surface area contributed by atoms with Crippen molar-refractivity contribution in [2.75, 3.05) is 46.1 Å². The van der Waals surface area contributed by atoms with Crippen molar-refractivity contribution >= 4 is 5.91 Å². The zero-order valence-corrected chi connectivity index (χ0v) is 16.6. The van der Waals surface area contributed by atoms with Crippen molar-refractivity contribution < 1.29 is 14.3 Å². The monoisotopic (exact) mass is 385 g/mol. The largest absolute Gasteiger partial charge is 0.454 e. The Balaban J connectivity index is 1.14. The van der Waals surface area contributed by atoms with Gasteiger partial charge in [0.2, 0.25) is 12.7 Å². The molecule has 2 aliphatic heterocycles. The molecule has 1 fully saturated rings. The number of hydrogen-bond acceptors (Lipinski definition) is 5. The van der Waals surface area contributed by atoms with Crippen LogP contribution in [0, 0.1) is 0 Å². The molecular formula is C22H31N3O3. The molecule has 0 radical (unpaired) electrons. The Morgan fingerprint density at radius 3 is 2.75 bits per heavy atom. The lowest BCUT2D eigenvalue weighted by Gasteiger charge is -2.34. The van der Waals surface area contributed by atoms with Crippen molar-refractivity contribution in [3.8, 4) is 11.5 Å². The van der Waals surface area contributed by atoms with E-state index in [-0.39, 0.29) is 5.91 Å². The Morgan fingerprint density at radius 1 is 1.07 bits per heavy atom. The van der Waals surface area contributed by atoms with E-state index in [4.69, 9.17) is 9.47 Å². The van der Waals surface area contributed by atoms with E-state index in [1.54, 1.807) is 5.57 Å². The quantitative estimate of drug-likeness (QED) is 0.577. The first kappa shape index (κ1) is 19.3. The summed E-state index contributed by atoms with van der Waals surface area (Å²) in [5, 5.41) is 3.33. The minimum absolute atomic E-state index is 0.223. The third-order valence-electron chi connectivity index (χ3n) is 5.85. The highest BCUT2D eigenvalue weighted by Gasteiger charge is 2.21. The third-order valence-corrected chi connectivity index (χ3v) is 5.85. The second-order valence-electron chi connectivity index (χ2n) is 7.88. The van der Waals surface area contributed by atoms with Gasteiger partial charge in [0.1, 0.15) is 0 Å². The molecule has 0 spiro atoms. The highest BCUT2D eigenvalue weighted by molar-refractivity contribution is 5.78. The first-order valence-corrected chi connectivity index (χ1v) is 10.6. The summed E-state index contributed by atoms with van der Waals surface area (Å²) in [7, 11) is 0. The van der Waals surface area contributed by atoms with E-state index in [0.717, 1.165) is 57.2 Å². The Labute approximate surface area is 167 Å². The molecule has 0 bridgehead atoms. The minimum Gasteiger partial charge on any atom is -0.454 e. The van der Waals surface area contributed by atoms with Crippen LogP contribution in [0.15, 0.2) is 29.8 Å². The summed E-state index contributed by atoms with van der Waals surface area (Å²) >= 11 is 0. The Hall–Kier alpha value is -2.05. The Morgan fingerprint density at radius 2 is 1.93 bits per heavy atom. The molecule has 1 N–H and O–H groups in total.